The van der Waals surface area contributed by atoms with Gasteiger partial charge in [-0.2, -0.15) is 13.2 Å². The van der Waals surface area contributed by atoms with E-state index in [9.17, 15) is 18.0 Å². The van der Waals surface area contributed by atoms with Crippen molar-refractivity contribution in [3.63, 3.8) is 0 Å². The molecule has 0 aromatic heterocycles. The summed E-state index contributed by atoms with van der Waals surface area (Å²) in [6, 6.07) is 4.47. The summed E-state index contributed by atoms with van der Waals surface area (Å²) in [5.74, 6) is 0.0545. The first-order chi connectivity index (χ1) is 8.82. The summed E-state index contributed by atoms with van der Waals surface area (Å²) in [4.78, 5) is 10.5. The molecule has 1 rings (SSSR count). The molecular formula is C12H12ClF3O3. The predicted octanol–water partition coefficient (Wildman–Crippen LogP) is 4.24. The van der Waals surface area contributed by atoms with Crippen LogP contribution in [0.15, 0.2) is 24.3 Å². The summed E-state index contributed by atoms with van der Waals surface area (Å²) in [6.45, 7) is 1.68. The largest absolute Gasteiger partial charge is 0.490 e. The number of benzene rings is 1. The van der Waals surface area contributed by atoms with Gasteiger partial charge in [-0.15, -0.1) is 0 Å². The zero-order chi connectivity index (χ0) is 14.5. The monoisotopic (exact) mass is 296 g/mol. The van der Waals surface area contributed by atoms with Crippen molar-refractivity contribution in [2.45, 2.75) is 25.6 Å². The third-order valence-electron chi connectivity index (χ3n) is 2.31. The maximum Gasteiger partial charge on any atom is 0.416 e. The zero-order valence-corrected chi connectivity index (χ0v) is 10.8. The lowest BCUT2D eigenvalue weighted by Gasteiger charge is -2.16. The zero-order valence-electron chi connectivity index (χ0n) is 10.0. The van der Waals surface area contributed by atoms with Crippen LogP contribution in [0.1, 0.15) is 18.9 Å². The van der Waals surface area contributed by atoms with Gasteiger partial charge in [0.05, 0.1) is 5.56 Å². The highest BCUT2D eigenvalue weighted by Gasteiger charge is 2.30. The van der Waals surface area contributed by atoms with Crippen LogP contribution in [0.25, 0.3) is 0 Å². The maximum atomic E-state index is 12.5. The molecule has 0 amide bonds. The van der Waals surface area contributed by atoms with Gasteiger partial charge in [-0.1, -0.05) is 13.0 Å². The minimum absolute atomic E-state index is 0.0545. The fraction of sp³-hybridized carbons (Fsp3) is 0.417. The van der Waals surface area contributed by atoms with Gasteiger partial charge in [-0.05, 0) is 24.6 Å². The molecule has 0 spiro atoms. The van der Waals surface area contributed by atoms with Crippen molar-refractivity contribution < 1.29 is 27.4 Å². The molecular weight excluding hydrogens is 285 g/mol. The Morgan fingerprint density at radius 2 is 2.11 bits per heavy atom. The third kappa shape index (κ3) is 5.38. The number of rotatable bonds is 5. The molecule has 0 radical (unpaired) electrons. The molecule has 1 unspecified atom stereocenters. The molecule has 0 aliphatic heterocycles. The van der Waals surface area contributed by atoms with Crippen LogP contribution in [-0.4, -0.2) is 18.1 Å². The van der Waals surface area contributed by atoms with Crippen molar-refractivity contribution in [2.24, 2.45) is 0 Å². The Balaban J connectivity index is 2.65. The van der Waals surface area contributed by atoms with E-state index < -0.39 is 23.3 Å². The number of halogens is 4. The Hall–Kier alpha value is -1.43. The number of hydrogen-bond acceptors (Lipinski definition) is 3. The van der Waals surface area contributed by atoms with Crippen LogP contribution < -0.4 is 4.74 Å². The maximum absolute atomic E-state index is 12.5. The van der Waals surface area contributed by atoms with Gasteiger partial charge in [-0.25, -0.2) is 4.79 Å². The lowest BCUT2D eigenvalue weighted by molar-refractivity contribution is -0.137. The molecule has 19 heavy (non-hydrogen) atoms. The van der Waals surface area contributed by atoms with E-state index in [0.717, 1.165) is 12.1 Å². The number of ether oxygens (including phenoxy) is 2. The van der Waals surface area contributed by atoms with Crippen LogP contribution in [0.5, 0.6) is 5.75 Å². The first-order valence-corrected chi connectivity index (χ1v) is 5.87. The van der Waals surface area contributed by atoms with Crippen molar-refractivity contribution in [3.05, 3.63) is 29.8 Å². The number of alkyl halides is 3. The first kappa shape index (κ1) is 15.6. The summed E-state index contributed by atoms with van der Waals surface area (Å²) >= 11 is 5.05. The lowest BCUT2D eigenvalue weighted by atomic mass is 10.2. The van der Waals surface area contributed by atoms with Crippen molar-refractivity contribution in [1.82, 2.24) is 0 Å². The van der Waals surface area contributed by atoms with E-state index in [1.807, 2.05) is 0 Å². The van der Waals surface area contributed by atoms with E-state index in [4.69, 9.17) is 21.1 Å². The molecule has 7 heteroatoms. The van der Waals surface area contributed by atoms with Crippen LogP contribution in [0, 0.1) is 0 Å². The summed E-state index contributed by atoms with van der Waals surface area (Å²) in [5, 5.41) is 0. The van der Waals surface area contributed by atoms with Crippen molar-refractivity contribution in [3.8, 4) is 5.75 Å². The smallest absolute Gasteiger partial charge is 0.416 e. The molecule has 0 aliphatic rings. The highest BCUT2D eigenvalue weighted by atomic mass is 35.5. The lowest BCUT2D eigenvalue weighted by Crippen LogP contribution is -2.22. The normalized spacial score (nSPS) is 12.9. The average molecular weight is 297 g/mol. The molecule has 0 aliphatic carbocycles. The topological polar surface area (TPSA) is 35.5 Å². The third-order valence-corrected chi connectivity index (χ3v) is 2.40. The highest BCUT2D eigenvalue weighted by molar-refractivity contribution is 6.61. The first-order valence-electron chi connectivity index (χ1n) is 5.49. The molecule has 0 N–H and O–H groups in total. The van der Waals surface area contributed by atoms with Crippen LogP contribution in [0.2, 0.25) is 0 Å². The standard InChI is InChI=1S/C12H12ClF3O3/c1-2-9(19-11(13)17)7-18-10-5-3-4-8(6-10)12(14,15)16/h3-6,9H,2,7H2,1H3. The van der Waals surface area contributed by atoms with Gasteiger partial charge in [0.15, 0.2) is 0 Å². The molecule has 1 aromatic rings. The highest BCUT2D eigenvalue weighted by Crippen LogP contribution is 2.31. The van der Waals surface area contributed by atoms with Crippen LogP contribution >= 0.6 is 11.6 Å². The van der Waals surface area contributed by atoms with Crippen molar-refractivity contribution in [1.29, 1.82) is 0 Å². The van der Waals surface area contributed by atoms with Crippen LogP contribution in [0.3, 0.4) is 0 Å². The van der Waals surface area contributed by atoms with E-state index in [2.05, 4.69) is 0 Å². The Labute approximate surface area is 113 Å². The predicted molar refractivity (Wildman–Crippen MR) is 63.4 cm³/mol. The molecule has 0 heterocycles. The molecule has 3 nitrogen and oxygen atoms in total. The molecule has 0 saturated heterocycles. The molecule has 1 aromatic carbocycles. The summed E-state index contributed by atoms with van der Waals surface area (Å²) < 4.78 is 47.2. The van der Waals surface area contributed by atoms with Gasteiger partial charge in [0.25, 0.3) is 0 Å². The fourth-order valence-corrected chi connectivity index (χ4v) is 1.44. The average Bonchev–Trinajstić information content (AvgIpc) is 2.33. The van der Waals surface area contributed by atoms with Crippen molar-refractivity contribution >= 4 is 17.0 Å². The SMILES string of the molecule is CCC(COc1cccc(C(F)(F)F)c1)OC(=O)Cl. The van der Waals surface area contributed by atoms with Gasteiger partial charge in [0.2, 0.25) is 0 Å². The number of hydrogen-bond donors (Lipinski definition) is 0. The minimum atomic E-state index is -4.42. The van der Waals surface area contributed by atoms with E-state index >= 15 is 0 Å². The second-order valence-corrected chi connectivity index (χ2v) is 4.03. The Bertz CT molecular complexity index is 434. The van der Waals surface area contributed by atoms with Gasteiger partial charge < -0.3 is 9.47 Å². The summed E-state index contributed by atoms with van der Waals surface area (Å²) in [5.41, 5.74) is -1.77. The van der Waals surface area contributed by atoms with E-state index in [-0.39, 0.29) is 12.4 Å². The Kier molecular flexibility index (Phi) is 5.47. The van der Waals surface area contributed by atoms with E-state index in [0.29, 0.717) is 6.42 Å². The van der Waals surface area contributed by atoms with E-state index in [1.54, 1.807) is 6.92 Å². The number of carbonyl (C=O) groups excluding carboxylic acids is 1. The van der Waals surface area contributed by atoms with Gasteiger partial charge in [0, 0.05) is 11.6 Å². The van der Waals surface area contributed by atoms with Crippen LogP contribution in [-0.2, 0) is 10.9 Å². The fourth-order valence-electron chi connectivity index (χ4n) is 1.32. The Morgan fingerprint density at radius 1 is 1.42 bits per heavy atom. The second-order valence-electron chi connectivity index (χ2n) is 3.72. The molecule has 0 saturated carbocycles. The second kappa shape index (κ2) is 6.65. The van der Waals surface area contributed by atoms with Gasteiger partial charge >= 0.3 is 11.6 Å². The summed E-state index contributed by atoms with van der Waals surface area (Å²) in [7, 11) is 0. The molecule has 106 valence electrons. The quantitative estimate of drug-likeness (QED) is 0.762. The summed E-state index contributed by atoms with van der Waals surface area (Å²) in [6.07, 6.45) is -4.58. The van der Waals surface area contributed by atoms with Gasteiger partial charge in [-0.3, -0.25) is 0 Å². The molecule has 0 fully saturated rings. The van der Waals surface area contributed by atoms with Gasteiger partial charge in [0.1, 0.15) is 18.5 Å². The molecule has 1 atom stereocenters. The van der Waals surface area contributed by atoms with E-state index in [1.165, 1.54) is 12.1 Å². The molecule has 0 bridgehead atoms. The van der Waals surface area contributed by atoms with Crippen molar-refractivity contribution in [2.75, 3.05) is 6.61 Å². The van der Waals surface area contributed by atoms with Crippen LogP contribution in [0.4, 0.5) is 18.0 Å². The minimum Gasteiger partial charge on any atom is -0.490 e. The number of carbonyl (C=O) groups is 1. The Morgan fingerprint density at radius 3 is 2.63 bits per heavy atom.